The third-order valence-corrected chi connectivity index (χ3v) is 5.49. The molecule has 0 fully saturated rings. The van der Waals surface area contributed by atoms with Gasteiger partial charge < -0.3 is 15.1 Å². The van der Waals surface area contributed by atoms with Crippen LogP contribution in [0.5, 0.6) is 0 Å². The number of rotatable bonds is 12. The lowest BCUT2D eigenvalue weighted by atomic mass is 9.91. The van der Waals surface area contributed by atoms with Crippen LogP contribution in [0.25, 0.3) is 5.57 Å². The molecular weight excluding hydrogens is 415 g/mol. The molecule has 1 unspecified atom stereocenters. The molecule has 0 radical (unpaired) electrons. The van der Waals surface area contributed by atoms with Gasteiger partial charge in [0.2, 0.25) is 0 Å². The average molecular weight is 457 g/mol. The highest BCUT2D eigenvalue weighted by Crippen LogP contribution is 2.26. The summed E-state index contributed by atoms with van der Waals surface area (Å²) in [5.74, 6) is 0.818. The van der Waals surface area contributed by atoms with Crippen LogP contribution in [0.3, 0.4) is 0 Å². The van der Waals surface area contributed by atoms with Crippen molar-refractivity contribution in [2.45, 2.75) is 66.4 Å². The molecule has 0 heterocycles. The SMILES string of the molecule is C=C(O)CC(O)CC/C=C/C(C(=N\C(=C(/C)CC)N(C)C)/C(C)C)=C(/C)c1ccc(F)cc1. The van der Waals surface area contributed by atoms with Crippen molar-refractivity contribution in [2.24, 2.45) is 10.9 Å². The minimum atomic E-state index is -0.633. The molecule has 1 aromatic carbocycles. The van der Waals surface area contributed by atoms with E-state index in [1.165, 1.54) is 17.7 Å². The van der Waals surface area contributed by atoms with Crippen LogP contribution in [0.15, 0.2) is 70.7 Å². The fraction of sp³-hybridized carbons (Fsp3) is 0.464. The molecule has 0 aliphatic rings. The maximum atomic E-state index is 13.5. The van der Waals surface area contributed by atoms with Crippen molar-refractivity contribution in [1.82, 2.24) is 4.90 Å². The van der Waals surface area contributed by atoms with E-state index in [2.05, 4.69) is 34.3 Å². The van der Waals surface area contributed by atoms with Gasteiger partial charge in [0.1, 0.15) is 11.6 Å². The van der Waals surface area contributed by atoms with E-state index < -0.39 is 6.10 Å². The van der Waals surface area contributed by atoms with E-state index in [9.17, 15) is 14.6 Å². The molecule has 1 aromatic rings. The number of nitrogens with zero attached hydrogens (tertiary/aromatic N) is 2. The lowest BCUT2D eigenvalue weighted by Crippen LogP contribution is -2.18. The lowest BCUT2D eigenvalue weighted by Gasteiger charge is -2.21. The van der Waals surface area contributed by atoms with Gasteiger partial charge in [-0.15, -0.1) is 0 Å². The van der Waals surface area contributed by atoms with Gasteiger partial charge in [-0.1, -0.05) is 51.6 Å². The van der Waals surface area contributed by atoms with Crippen LogP contribution >= 0.6 is 0 Å². The van der Waals surface area contributed by atoms with Crippen molar-refractivity contribution in [3.63, 3.8) is 0 Å². The molecule has 0 spiro atoms. The molecule has 0 aliphatic carbocycles. The van der Waals surface area contributed by atoms with Gasteiger partial charge in [-0.25, -0.2) is 9.38 Å². The number of aliphatic imine (C=N–C) groups is 1. The Hall–Kier alpha value is -2.66. The van der Waals surface area contributed by atoms with Crippen molar-refractivity contribution in [3.8, 4) is 0 Å². The summed E-state index contributed by atoms with van der Waals surface area (Å²) in [5, 5.41) is 19.3. The van der Waals surface area contributed by atoms with E-state index in [0.717, 1.165) is 34.7 Å². The molecule has 0 bridgehead atoms. The quantitative estimate of drug-likeness (QED) is 0.201. The summed E-state index contributed by atoms with van der Waals surface area (Å²) in [4.78, 5) is 7.14. The number of aliphatic hydroxyl groups excluding tert-OH is 2. The fourth-order valence-corrected chi connectivity index (χ4v) is 3.47. The Morgan fingerprint density at radius 3 is 2.27 bits per heavy atom. The molecule has 1 atom stereocenters. The Bertz CT molecular complexity index is 906. The third kappa shape index (κ3) is 9.39. The Balaban J connectivity index is 3.53. The van der Waals surface area contributed by atoms with Gasteiger partial charge in [0.05, 0.1) is 17.6 Å². The summed E-state index contributed by atoms with van der Waals surface area (Å²) < 4.78 is 13.5. The second-order valence-electron chi connectivity index (χ2n) is 8.95. The van der Waals surface area contributed by atoms with E-state index in [1.54, 1.807) is 12.1 Å². The number of allylic oxidation sites excluding steroid dienone is 5. The van der Waals surface area contributed by atoms with Crippen LogP contribution in [0.4, 0.5) is 4.39 Å². The van der Waals surface area contributed by atoms with Crippen molar-refractivity contribution in [1.29, 1.82) is 0 Å². The van der Waals surface area contributed by atoms with Gasteiger partial charge >= 0.3 is 0 Å². The van der Waals surface area contributed by atoms with Crippen LogP contribution < -0.4 is 0 Å². The van der Waals surface area contributed by atoms with Gasteiger partial charge in [-0.2, -0.15) is 0 Å². The molecule has 1 rings (SSSR count). The predicted octanol–water partition coefficient (Wildman–Crippen LogP) is 7.06. The van der Waals surface area contributed by atoms with Crippen molar-refractivity contribution in [2.75, 3.05) is 14.1 Å². The molecule has 182 valence electrons. The highest BCUT2D eigenvalue weighted by atomic mass is 19.1. The lowest BCUT2D eigenvalue weighted by molar-refractivity contribution is 0.150. The van der Waals surface area contributed by atoms with Crippen molar-refractivity contribution < 1.29 is 14.6 Å². The van der Waals surface area contributed by atoms with Crippen LogP contribution in [0, 0.1) is 11.7 Å². The molecule has 0 saturated heterocycles. The van der Waals surface area contributed by atoms with Gasteiger partial charge in [0, 0.05) is 20.5 Å². The molecule has 5 heteroatoms. The van der Waals surface area contributed by atoms with Gasteiger partial charge in [-0.3, -0.25) is 0 Å². The summed E-state index contributed by atoms with van der Waals surface area (Å²) >= 11 is 0. The Labute approximate surface area is 199 Å². The second kappa shape index (κ2) is 13.8. The third-order valence-electron chi connectivity index (χ3n) is 5.49. The van der Waals surface area contributed by atoms with Gasteiger partial charge in [0.15, 0.2) is 0 Å². The monoisotopic (exact) mass is 456 g/mol. The summed E-state index contributed by atoms with van der Waals surface area (Å²) in [6, 6.07) is 6.51. The van der Waals surface area contributed by atoms with E-state index in [4.69, 9.17) is 4.99 Å². The molecule has 0 saturated carbocycles. The number of benzene rings is 1. The van der Waals surface area contributed by atoms with Crippen LogP contribution in [0.1, 0.15) is 65.9 Å². The second-order valence-corrected chi connectivity index (χ2v) is 8.95. The van der Waals surface area contributed by atoms with Gasteiger partial charge in [-0.05, 0) is 73.4 Å². The standard InChI is InChI=1S/C28H41FN2O2/c1-9-20(4)28(31(7)8)30-27(19(2)3)26(13-11-10-12-25(33)18-21(5)32)22(6)23-14-16-24(29)17-15-23/h11,13-17,19,25,32-33H,5,9-10,12,18H2,1-4,6-8H3/b13-11+,26-22+,28-20-,30-27-. The summed E-state index contributed by atoms with van der Waals surface area (Å²) in [5.41, 5.74) is 5.09. The molecule has 33 heavy (non-hydrogen) atoms. The normalized spacial score (nSPS) is 14.9. The number of aliphatic hydroxyl groups is 2. The largest absolute Gasteiger partial charge is 0.513 e. The first-order valence-electron chi connectivity index (χ1n) is 11.6. The van der Waals surface area contributed by atoms with Crippen LogP contribution in [-0.2, 0) is 0 Å². The Morgan fingerprint density at radius 2 is 1.79 bits per heavy atom. The van der Waals surface area contributed by atoms with Crippen molar-refractivity contribution >= 4 is 11.3 Å². The smallest absolute Gasteiger partial charge is 0.127 e. The van der Waals surface area contributed by atoms with E-state index >= 15 is 0 Å². The molecule has 4 nitrogen and oxygen atoms in total. The minimum Gasteiger partial charge on any atom is -0.513 e. The Kier molecular flexibility index (Phi) is 11.9. The zero-order chi connectivity index (χ0) is 25.1. The maximum absolute atomic E-state index is 13.5. The molecule has 0 amide bonds. The zero-order valence-electron chi connectivity index (χ0n) is 21.3. The highest BCUT2D eigenvalue weighted by molar-refractivity contribution is 6.09. The highest BCUT2D eigenvalue weighted by Gasteiger charge is 2.16. The minimum absolute atomic E-state index is 0.0113. The molecular formula is C28H41FN2O2. The molecule has 0 aromatic heterocycles. The Morgan fingerprint density at radius 1 is 1.18 bits per heavy atom. The predicted molar refractivity (Wildman–Crippen MR) is 139 cm³/mol. The summed E-state index contributed by atoms with van der Waals surface area (Å²) in [6.07, 6.45) is 5.68. The summed E-state index contributed by atoms with van der Waals surface area (Å²) in [6.45, 7) is 13.9. The zero-order valence-corrected chi connectivity index (χ0v) is 21.3. The first kappa shape index (κ1) is 28.4. The fourth-order valence-electron chi connectivity index (χ4n) is 3.47. The molecule has 2 N–H and O–H groups in total. The topological polar surface area (TPSA) is 56.1 Å². The van der Waals surface area contributed by atoms with Crippen LogP contribution in [-0.4, -0.2) is 41.0 Å². The van der Waals surface area contributed by atoms with Gasteiger partial charge in [0.25, 0.3) is 0 Å². The number of hydrogen-bond donors (Lipinski definition) is 2. The molecule has 0 aliphatic heterocycles. The number of hydrogen-bond acceptors (Lipinski definition) is 4. The van der Waals surface area contributed by atoms with E-state index in [-0.39, 0.29) is 23.9 Å². The van der Waals surface area contributed by atoms with E-state index in [1.807, 2.05) is 38.1 Å². The van der Waals surface area contributed by atoms with E-state index in [0.29, 0.717) is 12.8 Å². The van der Waals surface area contributed by atoms with Crippen molar-refractivity contribution in [3.05, 3.63) is 77.1 Å². The number of halogens is 1. The van der Waals surface area contributed by atoms with Crippen LogP contribution in [0.2, 0.25) is 0 Å². The first-order chi connectivity index (χ1) is 15.5. The maximum Gasteiger partial charge on any atom is 0.127 e. The first-order valence-corrected chi connectivity index (χ1v) is 11.6. The summed E-state index contributed by atoms with van der Waals surface area (Å²) in [7, 11) is 4.00. The average Bonchev–Trinajstić information content (AvgIpc) is 2.73.